The maximum Gasteiger partial charge on any atom is 0.449 e. The second kappa shape index (κ2) is 4.50. The number of anilines is 1. The molecule has 108 valence electrons. The third-order valence-electron chi connectivity index (χ3n) is 2.69. The minimum absolute atomic E-state index is 0.200. The molecule has 0 saturated carbocycles. The summed E-state index contributed by atoms with van der Waals surface area (Å²) in [6.07, 6.45) is -4.52. The second-order valence-electron chi connectivity index (χ2n) is 5.52. The molecule has 0 aliphatic carbocycles. The number of fused-ring (bicyclic) bond motifs is 1. The number of carbonyl (C=O) groups is 1. The van der Waals surface area contributed by atoms with Crippen LogP contribution >= 0.6 is 0 Å². The van der Waals surface area contributed by atoms with Gasteiger partial charge in [-0.3, -0.25) is 4.79 Å². The Bertz CT molecular complexity index is 653. The molecule has 0 saturated heterocycles. The monoisotopic (exact) mass is 285 g/mol. The van der Waals surface area contributed by atoms with Crippen LogP contribution in [0.2, 0.25) is 0 Å². The van der Waals surface area contributed by atoms with E-state index in [1.54, 1.807) is 20.8 Å². The first kappa shape index (κ1) is 14.4. The van der Waals surface area contributed by atoms with Gasteiger partial charge in [0.25, 0.3) is 0 Å². The van der Waals surface area contributed by atoms with Gasteiger partial charge in [0.1, 0.15) is 0 Å². The summed E-state index contributed by atoms with van der Waals surface area (Å²) < 4.78 is 37.6. The number of H-pyrrole nitrogens is 1. The maximum absolute atomic E-state index is 12.5. The molecule has 0 unspecified atom stereocenters. The van der Waals surface area contributed by atoms with Gasteiger partial charge in [0, 0.05) is 11.1 Å². The number of nitrogens with one attached hydrogen (secondary N) is 2. The lowest BCUT2D eigenvalue weighted by molar-refractivity contribution is -0.144. The predicted octanol–water partition coefficient (Wildman–Crippen LogP) is 3.57. The van der Waals surface area contributed by atoms with Crippen molar-refractivity contribution in [3.05, 3.63) is 24.0 Å². The van der Waals surface area contributed by atoms with E-state index in [1.165, 1.54) is 18.2 Å². The molecule has 4 nitrogen and oxygen atoms in total. The van der Waals surface area contributed by atoms with Crippen LogP contribution in [-0.2, 0) is 11.0 Å². The second-order valence-corrected chi connectivity index (χ2v) is 5.52. The van der Waals surface area contributed by atoms with Crippen molar-refractivity contribution in [2.75, 3.05) is 5.32 Å². The first-order valence-electron chi connectivity index (χ1n) is 5.96. The predicted molar refractivity (Wildman–Crippen MR) is 69.2 cm³/mol. The highest BCUT2D eigenvalue weighted by atomic mass is 19.4. The molecule has 2 aromatic rings. The molecule has 2 N–H and O–H groups in total. The molecule has 1 aromatic heterocycles. The zero-order valence-corrected chi connectivity index (χ0v) is 11.2. The fourth-order valence-electron chi connectivity index (χ4n) is 1.54. The lowest BCUT2D eigenvalue weighted by atomic mass is 9.95. The Labute approximate surface area is 113 Å². The Morgan fingerprint density at radius 3 is 2.45 bits per heavy atom. The molecule has 1 aromatic carbocycles. The normalized spacial score (nSPS) is 12.7. The van der Waals surface area contributed by atoms with Crippen LogP contribution in [0.3, 0.4) is 0 Å². The van der Waals surface area contributed by atoms with Gasteiger partial charge in [-0.1, -0.05) is 20.8 Å². The van der Waals surface area contributed by atoms with Crippen LogP contribution in [0.1, 0.15) is 26.6 Å². The molecule has 0 fully saturated rings. The van der Waals surface area contributed by atoms with E-state index in [4.69, 9.17) is 0 Å². The number of rotatable bonds is 1. The lowest BCUT2D eigenvalue weighted by Gasteiger charge is -2.17. The van der Waals surface area contributed by atoms with Gasteiger partial charge in [0.15, 0.2) is 0 Å². The summed E-state index contributed by atoms with van der Waals surface area (Å²) in [5, 5.41) is 2.65. The average Bonchev–Trinajstić information content (AvgIpc) is 2.70. The van der Waals surface area contributed by atoms with Crippen molar-refractivity contribution >= 4 is 22.6 Å². The van der Waals surface area contributed by atoms with E-state index in [9.17, 15) is 18.0 Å². The summed E-state index contributed by atoms with van der Waals surface area (Å²) >= 11 is 0. The number of hydrogen-bond acceptors (Lipinski definition) is 2. The minimum atomic E-state index is -4.52. The highest BCUT2D eigenvalue weighted by Gasteiger charge is 2.34. The summed E-state index contributed by atoms with van der Waals surface area (Å²) in [6.45, 7) is 5.25. The van der Waals surface area contributed by atoms with Crippen molar-refractivity contribution in [2.24, 2.45) is 5.41 Å². The Balaban J connectivity index is 2.32. The van der Waals surface area contributed by atoms with E-state index in [0.717, 1.165) is 0 Å². The van der Waals surface area contributed by atoms with E-state index < -0.39 is 17.4 Å². The summed E-state index contributed by atoms with van der Waals surface area (Å²) in [5.74, 6) is -1.26. The van der Waals surface area contributed by atoms with E-state index in [2.05, 4.69) is 15.3 Å². The summed E-state index contributed by atoms with van der Waals surface area (Å²) in [7, 11) is 0. The molecule has 2 rings (SSSR count). The lowest BCUT2D eigenvalue weighted by Crippen LogP contribution is -2.27. The SMILES string of the molecule is CC(C)(C)C(=O)Nc1ccc2nc(C(F)(F)F)[nH]c2c1. The minimum Gasteiger partial charge on any atom is -0.334 e. The van der Waals surface area contributed by atoms with Gasteiger partial charge in [-0.2, -0.15) is 13.2 Å². The van der Waals surface area contributed by atoms with Crippen molar-refractivity contribution in [2.45, 2.75) is 26.9 Å². The number of halogens is 3. The fourth-order valence-corrected chi connectivity index (χ4v) is 1.54. The largest absolute Gasteiger partial charge is 0.449 e. The number of amides is 1. The van der Waals surface area contributed by atoms with Gasteiger partial charge >= 0.3 is 6.18 Å². The number of aromatic nitrogens is 2. The van der Waals surface area contributed by atoms with Crippen LogP contribution in [0.15, 0.2) is 18.2 Å². The molecular weight excluding hydrogens is 271 g/mol. The van der Waals surface area contributed by atoms with E-state index in [0.29, 0.717) is 5.69 Å². The smallest absolute Gasteiger partial charge is 0.334 e. The molecule has 20 heavy (non-hydrogen) atoms. The van der Waals surface area contributed by atoms with E-state index >= 15 is 0 Å². The number of benzene rings is 1. The molecule has 7 heteroatoms. The first-order chi connectivity index (χ1) is 9.07. The van der Waals surface area contributed by atoms with Gasteiger partial charge < -0.3 is 10.3 Å². The van der Waals surface area contributed by atoms with Gasteiger partial charge in [-0.25, -0.2) is 4.98 Å². The number of hydrogen-bond donors (Lipinski definition) is 2. The Morgan fingerprint density at radius 1 is 1.25 bits per heavy atom. The fraction of sp³-hybridized carbons (Fsp3) is 0.385. The van der Waals surface area contributed by atoms with Crippen LogP contribution in [-0.4, -0.2) is 15.9 Å². The molecule has 0 spiro atoms. The number of imidazole rings is 1. The van der Waals surface area contributed by atoms with Gasteiger partial charge in [-0.15, -0.1) is 0 Å². The van der Waals surface area contributed by atoms with Crippen LogP contribution in [0.25, 0.3) is 11.0 Å². The van der Waals surface area contributed by atoms with E-state index in [-0.39, 0.29) is 16.9 Å². The summed E-state index contributed by atoms with van der Waals surface area (Å²) in [6, 6.07) is 4.38. The molecule has 0 aliphatic heterocycles. The van der Waals surface area contributed by atoms with Crippen molar-refractivity contribution in [3.8, 4) is 0 Å². The van der Waals surface area contributed by atoms with Gasteiger partial charge in [-0.05, 0) is 18.2 Å². The van der Waals surface area contributed by atoms with Crippen LogP contribution < -0.4 is 5.32 Å². The van der Waals surface area contributed by atoms with Gasteiger partial charge in [0.05, 0.1) is 11.0 Å². The zero-order chi connectivity index (χ0) is 15.1. The molecule has 0 atom stereocenters. The van der Waals surface area contributed by atoms with Crippen molar-refractivity contribution in [1.29, 1.82) is 0 Å². The average molecular weight is 285 g/mol. The van der Waals surface area contributed by atoms with E-state index in [1.807, 2.05) is 0 Å². The van der Waals surface area contributed by atoms with Crippen LogP contribution in [0, 0.1) is 5.41 Å². The molecule has 1 heterocycles. The Hall–Kier alpha value is -2.05. The molecular formula is C13H14F3N3O. The van der Waals surface area contributed by atoms with Crippen LogP contribution in [0.4, 0.5) is 18.9 Å². The Kier molecular flexibility index (Phi) is 3.23. The number of nitrogens with zero attached hydrogens (tertiary/aromatic N) is 1. The third kappa shape index (κ3) is 2.92. The number of carbonyl (C=O) groups excluding carboxylic acids is 1. The maximum atomic E-state index is 12.5. The highest BCUT2D eigenvalue weighted by molar-refractivity contribution is 5.96. The van der Waals surface area contributed by atoms with Crippen molar-refractivity contribution in [1.82, 2.24) is 9.97 Å². The third-order valence-corrected chi connectivity index (χ3v) is 2.69. The van der Waals surface area contributed by atoms with Crippen molar-refractivity contribution < 1.29 is 18.0 Å². The Morgan fingerprint density at radius 2 is 1.90 bits per heavy atom. The highest BCUT2D eigenvalue weighted by Crippen LogP contribution is 2.29. The van der Waals surface area contributed by atoms with Crippen LogP contribution in [0.5, 0.6) is 0 Å². The first-order valence-corrected chi connectivity index (χ1v) is 5.96. The van der Waals surface area contributed by atoms with Crippen molar-refractivity contribution in [3.63, 3.8) is 0 Å². The summed E-state index contributed by atoms with van der Waals surface area (Å²) in [4.78, 5) is 17.5. The molecule has 0 radical (unpaired) electrons. The quantitative estimate of drug-likeness (QED) is 0.841. The van der Waals surface area contributed by atoms with Gasteiger partial charge in [0.2, 0.25) is 11.7 Å². The number of alkyl halides is 3. The molecule has 0 bridgehead atoms. The molecule has 1 amide bonds. The summed E-state index contributed by atoms with van der Waals surface area (Å²) in [5.41, 5.74) is 0.269. The topological polar surface area (TPSA) is 57.8 Å². The zero-order valence-electron chi connectivity index (χ0n) is 11.2. The number of aromatic amines is 1. The standard InChI is InChI=1S/C13H14F3N3O/c1-12(2,3)11(20)17-7-4-5-8-9(6-7)19-10(18-8)13(14,15)16/h4-6H,1-3H3,(H,17,20)(H,18,19). The molecule has 0 aliphatic rings.